The van der Waals surface area contributed by atoms with Crippen molar-refractivity contribution >= 4 is 5.65 Å². The maximum absolute atomic E-state index is 4.16. The molecule has 0 unspecified atom stereocenters. The summed E-state index contributed by atoms with van der Waals surface area (Å²) < 4.78 is 3.63. The van der Waals surface area contributed by atoms with Crippen molar-refractivity contribution in [2.45, 2.75) is 6.54 Å². The zero-order valence-corrected chi connectivity index (χ0v) is 10.4. The molecule has 8 heteroatoms. The number of H-pyrrole nitrogens is 1. The van der Waals surface area contributed by atoms with E-state index in [4.69, 9.17) is 0 Å². The van der Waals surface area contributed by atoms with Crippen LogP contribution in [0.1, 0.15) is 5.82 Å². The molecule has 0 aliphatic rings. The van der Waals surface area contributed by atoms with Crippen LogP contribution in [0.4, 0.5) is 0 Å². The van der Waals surface area contributed by atoms with Gasteiger partial charge in [-0.1, -0.05) is 11.3 Å². The molecule has 0 aromatic carbocycles. The smallest absolute Gasteiger partial charge is 0.160 e. The van der Waals surface area contributed by atoms with Gasteiger partial charge in [0, 0.05) is 18.6 Å². The first-order valence-corrected chi connectivity index (χ1v) is 6.09. The Morgan fingerprint density at radius 2 is 2.15 bits per heavy atom. The molecule has 0 aliphatic heterocycles. The molecule has 0 radical (unpaired) electrons. The van der Waals surface area contributed by atoms with E-state index in [-0.39, 0.29) is 0 Å². The molecule has 0 aliphatic carbocycles. The van der Waals surface area contributed by atoms with Crippen molar-refractivity contribution in [3.8, 4) is 11.5 Å². The van der Waals surface area contributed by atoms with Crippen molar-refractivity contribution < 1.29 is 0 Å². The van der Waals surface area contributed by atoms with Crippen molar-refractivity contribution in [1.82, 2.24) is 39.6 Å². The van der Waals surface area contributed by atoms with Crippen molar-refractivity contribution in [3.63, 3.8) is 0 Å². The molecule has 4 rings (SSSR count). The lowest BCUT2D eigenvalue weighted by Crippen LogP contribution is -2.04. The molecule has 0 spiro atoms. The highest BCUT2D eigenvalue weighted by atomic mass is 15.4. The molecule has 4 aromatic heterocycles. The lowest BCUT2D eigenvalue weighted by molar-refractivity contribution is 0.620. The number of imidazole rings is 1. The van der Waals surface area contributed by atoms with Crippen LogP contribution in [-0.4, -0.2) is 39.6 Å². The summed E-state index contributed by atoms with van der Waals surface area (Å²) in [7, 11) is 0. The molecule has 0 saturated carbocycles. The highest BCUT2D eigenvalue weighted by Gasteiger charge is 2.09. The Balaban J connectivity index is 1.66. The summed E-state index contributed by atoms with van der Waals surface area (Å²) in [5, 5.41) is 16.4. The van der Waals surface area contributed by atoms with Crippen LogP contribution < -0.4 is 0 Å². The number of fused-ring (bicyclic) bond motifs is 1. The van der Waals surface area contributed by atoms with Crippen LogP contribution in [0.15, 0.2) is 43.0 Å². The van der Waals surface area contributed by atoms with Gasteiger partial charge in [0.1, 0.15) is 12.2 Å². The van der Waals surface area contributed by atoms with E-state index in [2.05, 4.69) is 30.5 Å². The molecule has 8 nitrogen and oxygen atoms in total. The summed E-state index contributed by atoms with van der Waals surface area (Å²) in [5.41, 5.74) is 1.51. The molecule has 98 valence electrons. The van der Waals surface area contributed by atoms with E-state index < -0.39 is 0 Å². The van der Waals surface area contributed by atoms with Gasteiger partial charge in [-0.3, -0.25) is 4.40 Å². The fraction of sp³-hybridized carbons (Fsp3) is 0.0833. The molecule has 0 fully saturated rings. The molecular weight excluding hydrogens is 256 g/mol. The fourth-order valence-electron chi connectivity index (χ4n) is 2.03. The van der Waals surface area contributed by atoms with Gasteiger partial charge < -0.3 is 4.98 Å². The Labute approximate surface area is 113 Å². The summed E-state index contributed by atoms with van der Waals surface area (Å²) in [6.45, 7) is 0.499. The molecule has 4 aromatic rings. The maximum atomic E-state index is 4.16. The Morgan fingerprint density at radius 1 is 1.15 bits per heavy atom. The average molecular weight is 266 g/mol. The van der Waals surface area contributed by atoms with Gasteiger partial charge in [0.05, 0.1) is 6.20 Å². The van der Waals surface area contributed by atoms with Gasteiger partial charge in [-0.25, -0.2) is 9.67 Å². The summed E-state index contributed by atoms with van der Waals surface area (Å²) in [5.74, 6) is 1.50. The van der Waals surface area contributed by atoms with Gasteiger partial charge in [0.2, 0.25) is 0 Å². The van der Waals surface area contributed by atoms with Crippen LogP contribution in [0, 0.1) is 0 Å². The van der Waals surface area contributed by atoms with E-state index in [9.17, 15) is 0 Å². The monoisotopic (exact) mass is 266 g/mol. The normalized spacial score (nSPS) is 11.2. The minimum absolute atomic E-state index is 0.499. The second-order valence-electron chi connectivity index (χ2n) is 4.28. The first kappa shape index (κ1) is 10.9. The van der Waals surface area contributed by atoms with Gasteiger partial charge in [-0.05, 0) is 12.1 Å². The number of pyridine rings is 1. The minimum Gasteiger partial charge on any atom is -0.343 e. The Bertz CT molecular complexity index is 841. The second kappa shape index (κ2) is 4.26. The number of nitrogens with one attached hydrogen (secondary N) is 1. The Morgan fingerprint density at radius 3 is 3.05 bits per heavy atom. The standard InChI is InChI=1S/C12H10N8/c1-2-6-20-10(3-1)16-17-11(20)8-19-7-9(15-18-19)12-13-4-5-14-12/h1-7H,8H2,(H,13,14). The van der Waals surface area contributed by atoms with Crippen molar-refractivity contribution in [3.05, 3.63) is 48.8 Å². The molecule has 4 heterocycles. The number of nitrogens with zero attached hydrogens (tertiary/aromatic N) is 7. The number of aromatic nitrogens is 8. The van der Waals surface area contributed by atoms with E-state index in [0.717, 1.165) is 11.5 Å². The van der Waals surface area contributed by atoms with Crippen molar-refractivity contribution in [2.75, 3.05) is 0 Å². The summed E-state index contributed by atoms with van der Waals surface area (Å²) >= 11 is 0. The molecule has 20 heavy (non-hydrogen) atoms. The van der Waals surface area contributed by atoms with Crippen LogP contribution in [0.3, 0.4) is 0 Å². The molecular formula is C12H10N8. The van der Waals surface area contributed by atoms with Crippen molar-refractivity contribution in [2.24, 2.45) is 0 Å². The number of hydrogen-bond acceptors (Lipinski definition) is 5. The zero-order chi connectivity index (χ0) is 13.4. The largest absolute Gasteiger partial charge is 0.343 e. The molecule has 0 atom stereocenters. The highest BCUT2D eigenvalue weighted by Crippen LogP contribution is 2.10. The van der Waals surface area contributed by atoms with Gasteiger partial charge in [-0.15, -0.1) is 15.3 Å². The summed E-state index contributed by atoms with van der Waals surface area (Å²) in [6.07, 6.45) is 7.18. The van der Waals surface area contributed by atoms with Crippen molar-refractivity contribution in [1.29, 1.82) is 0 Å². The lowest BCUT2D eigenvalue weighted by atomic mass is 10.4. The highest BCUT2D eigenvalue weighted by molar-refractivity contribution is 5.45. The first-order valence-electron chi connectivity index (χ1n) is 6.09. The third-order valence-electron chi connectivity index (χ3n) is 2.97. The predicted octanol–water partition coefficient (Wildman–Crippen LogP) is 0.759. The van der Waals surface area contributed by atoms with Crippen LogP contribution in [0.2, 0.25) is 0 Å². The summed E-state index contributed by atoms with van der Waals surface area (Å²) in [4.78, 5) is 7.14. The van der Waals surface area contributed by atoms with Gasteiger partial charge in [0.25, 0.3) is 0 Å². The van der Waals surface area contributed by atoms with Gasteiger partial charge >= 0.3 is 0 Å². The number of hydrogen-bond donors (Lipinski definition) is 1. The van der Waals surface area contributed by atoms with E-state index >= 15 is 0 Å². The van der Waals surface area contributed by atoms with Crippen LogP contribution in [0.25, 0.3) is 17.2 Å². The number of aromatic amines is 1. The van der Waals surface area contributed by atoms with Gasteiger partial charge in [0.15, 0.2) is 17.3 Å². The average Bonchev–Trinajstić information content (AvgIpc) is 3.19. The topological polar surface area (TPSA) is 89.6 Å². The van der Waals surface area contributed by atoms with E-state index in [1.807, 2.05) is 35.0 Å². The number of rotatable bonds is 3. The lowest BCUT2D eigenvalue weighted by Gasteiger charge is -1.98. The molecule has 0 bridgehead atoms. The molecule has 0 amide bonds. The maximum Gasteiger partial charge on any atom is 0.160 e. The third-order valence-corrected chi connectivity index (χ3v) is 2.97. The Kier molecular flexibility index (Phi) is 2.31. The van der Waals surface area contributed by atoms with E-state index in [0.29, 0.717) is 18.1 Å². The van der Waals surface area contributed by atoms with E-state index in [1.54, 1.807) is 17.1 Å². The molecule has 0 saturated heterocycles. The Hall–Kier alpha value is -3.03. The first-order chi connectivity index (χ1) is 9.90. The third kappa shape index (κ3) is 1.74. The van der Waals surface area contributed by atoms with Crippen LogP contribution in [0.5, 0.6) is 0 Å². The summed E-state index contributed by atoms with van der Waals surface area (Å²) in [6, 6.07) is 5.78. The van der Waals surface area contributed by atoms with Crippen LogP contribution in [-0.2, 0) is 6.54 Å². The zero-order valence-electron chi connectivity index (χ0n) is 10.4. The van der Waals surface area contributed by atoms with Crippen LogP contribution >= 0.6 is 0 Å². The molecule has 1 N–H and O–H groups in total. The SMILES string of the molecule is c1ccn2c(Cn3cc(-c4ncc[nH]4)nn3)nnc2c1. The van der Waals surface area contributed by atoms with Gasteiger partial charge in [-0.2, -0.15) is 0 Å². The second-order valence-corrected chi connectivity index (χ2v) is 4.28. The quantitative estimate of drug-likeness (QED) is 0.591. The predicted molar refractivity (Wildman–Crippen MR) is 69.7 cm³/mol. The fourth-order valence-corrected chi connectivity index (χ4v) is 2.03. The minimum atomic E-state index is 0.499. The van der Waals surface area contributed by atoms with E-state index in [1.165, 1.54) is 0 Å².